The lowest BCUT2D eigenvalue weighted by molar-refractivity contribution is -0.313. The van der Waals surface area contributed by atoms with E-state index in [0.29, 0.717) is 0 Å². The van der Waals surface area contributed by atoms with Crippen molar-refractivity contribution in [1.82, 2.24) is 0 Å². The van der Waals surface area contributed by atoms with Crippen molar-refractivity contribution in [1.29, 1.82) is 0 Å². The summed E-state index contributed by atoms with van der Waals surface area (Å²) in [6.45, 7) is 6.45. The van der Waals surface area contributed by atoms with Crippen molar-refractivity contribution in [2.75, 3.05) is 20.3 Å². The maximum atomic E-state index is 12.1. The average Bonchev–Trinajstić information content (AvgIpc) is 3.22. The van der Waals surface area contributed by atoms with Crippen molar-refractivity contribution in [3.05, 3.63) is 0 Å². The maximum absolute atomic E-state index is 12.1. The topological polar surface area (TPSA) is 221 Å². The first kappa shape index (κ1) is 37.3. The Morgan fingerprint density at radius 1 is 0.556 bits per heavy atom. The van der Waals surface area contributed by atoms with Crippen LogP contribution in [-0.4, -0.2) is 124 Å². The fourth-order valence-corrected chi connectivity index (χ4v) is 4.70. The minimum atomic E-state index is -1.63. The quantitative estimate of drug-likeness (QED) is 0.177. The van der Waals surface area contributed by atoms with E-state index in [4.69, 9.17) is 52.1 Å². The molecule has 18 nitrogen and oxygen atoms in total. The van der Waals surface area contributed by atoms with Crippen LogP contribution in [0.2, 0.25) is 0 Å². The second-order valence-electron chi connectivity index (χ2n) is 9.90. The third-order valence-electron chi connectivity index (χ3n) is 6.10. The molecular weight excluding hydrogens is 612 g/mol. The van der Waals surface area contributed by atoms with Crippen LogP contribution >= 0.6 is 0 Å². The summed E-state index contributed by atoms with van der Waals surface area (Å²) in [5, 5.41) is 0. The van der Waals surface area contributed by atoms with Gasteiger partial charge in [-0.05, 0) is 0 Å². The van der Waals surface area contributed by atoms with E-state index in [2.05, 4.69) is 0 Å². The molecule has 0 N–H and O–H groups in total. The molecule has 254 valence electrons. The van der Waals surface area contributed by atoms with Gasteiger partial charge in [-0.15, -0.1) is 0 Å². The van der Waals surface area contributed by atoms with Crippen molar-refractivity contribution >= 4 is 41.8 Å². The van der Waals surface area contributed by atoms with Crippen LogP contribution in [0.25, 0.3) is 0 Å². The molecule has 2 fully saturated rings. The molecule has 10 atom stereocenters. The molecule has 2 heterocycles. The van der Waals surface area contributed by atoms with Gasteiger partial charge >= 0.3 is 41.8 Å². The summed E-state index contributed by atoms with van der Waals surface area (Å²) < 4.78 is 60.0. The zero-order valence-electron chi connectivity index (χ0n) is 26.0. The lowest BCUT2D eigenvalue weighted by atomic mass is 9.98. The normalized spacial score (nSPS) is 29.8. The fourth-order valence-electron chi connectivity index (χ4n) is 4.70. The van der Waals surface area contributed by atoms with E-state index >= 15 is 0 Å². The highest BCUT2D eigenvalue weighted by molar-refractivity contribution is 5.69. The molecule has 0 aromatic rings. The average molecular weight is 651 g/mol. The van der Waals surface area contributed by atoms with Gasteiger partial charge in [0.25, 0.3) is 0 Å². The number of esters is 7. The molecule has 2 saturated heterocycles. The van der Waals surface area contributed by atoms with Crippen LogP contribution in [0.1, 0.15) is 48.5 Å². The van der Waals surface area contributed by atoms with E-state index in [1.54, 1.807) is 0 Å². The first-order chi connectivity index (χ1) is 21.0. The summed E-state index contributed by atoms with van der Waals surface area (Å²) >= 11 is 0. The molecule has 0 aliphatic carbocycles. The molecule has 2 rings (SSSR count). The fraction of sp³-hybridized carbons (Fsp3) is 0.741. The highest BCUT2D eigenvalue weighted by atomic mass is 16.8. The molecule has 6 unspecified atom stereocenters. The molecule has 0 saturated carbocycles. The van der Waals surface area contributed by atoms with Gasteiger partial charge in [0.15, 0.2) is 49.2 Å². The Bertz CT molecular complexity index is 1110. The minimum Gasteiger partial charge on any atom is -0.463 e. The highest BCUT2D eigenvalue weighted by Gasteiger charge is 2.56. The summed E-state index contributed by atoms with van der Waals surface area (Å²) in [6, 6.07) is 0. The van der Waals surface area contributed by atoms with Gasteiger partial charge in [-0.25, -0.2) is 0 Å². The van der Waals surface area contributed by atoms with E-state index in [1.807, 2.05) is 0 Å². The van der Waals surface area contributed by atoms with Gasteiger partial charge < -0.3 is 52.1 Å². The smallest absolute Gasteiger partial charge is 0.303 e. The van der Waals surface area contributed by atoms with Gasteiger partial charge in [0.05, 0.1) is 6.61 Å². The van der Waals surface area contributed by atoms with E-state index in [1.165, 1.54) is 7.11 Å². The molecule has 0 bridgehead atoms. The number of hydrogen-bond donors (Lipinski definition) is 0. The predicted molar refractivity (Wildman–Crippen MR) is 140 cm³/mol. The van der Waals surface area contributed by atoms with E-state index in [0.717, 1.165) is 48.5 Å². The third kappa shape index (κ3) is 11.2. The van der Waals surface area contributed by atoms with Gasteiger partial charge in [0, 0.05) is 55.6 Å². The number of hydrogen-bond acceptors (Lipinski definition) is 18. The van der Waals surface area contributed by atoms with Crippen LogP contribution in [0.15, 0.2) is 0 Å². The van der Waals surface area contributed by atoms with Crippen LogP contribution in [0.4, 0.5) is 0 Å². The SMILES string of the molecule is CO[C@@H]1O[C@@H](C(CO[C@@H]2OC(COC(C)=O)[C@@H](OC(C)=O)C(OC(C)=O)C2OC(C)=O)OC(C)=O)C(OC(C)=O)C1OC(C)=O. The van der Waals surface area contributed by atoms with Crippen molar-refractivity contribution in [3.8, 4) is 0 Å². The molecule has 2 aliphatic heterocycles. The monoisotopic (exact) mass is 650 g/mol. The molecular formula is C27H38O18. The molecule has 0 radical (unpaired) electrons. The Hall–Kier alpha value is -3.87. The van der Waals surface area contributed by atoms with E-state index < -0.39 is 116 Å². The number of carbonyl (C=O) groups excluding carboxylic acids is 7. The molecule has 0 aromatic carbocycles. The summed E-state index contributed by atoms with van der Waals surface area (Å²) in [5.74, 6) is -5.62. The van der Waals surface area contributed by atoms with Crippen molar-refractivity contribution < 1.29 is 85.7 Å². The third-order valence-corrected chi connectivity index (χ3v) is 6.10. The summed E-state index contributed by atoms with van der Waals surface area (Å²) in [7, 11) is 1.24. The lowest BCUT2D eigenvalue weighted by Gasteiger charge is -2.44. The Morgan fingerprint density at radius 3 is 1.49 bits per heavy atom. The Morgan fingerprint density at radius 2 is 1.02 bits per heavy atom. The van der Waals surface area contributed by atoms with E-state index in [-0.39, 0.29) is 0 Å². The van der Waals surface area contributed by atoms with Gasteiger partial charge in [0.2, 0.25) is 0 Å². The van der Waals surface area contributed by atoms with Gasteiger partial charge in [-0.1, -0.05) is 0 Å². The van der Waals surface area contributed by atoms with Crippen molar-refractivity contribution in [2.24, 2.45) is 0 Å². The Kier molecular flexibility index (Phi) is 14.1. The lowest BCUT2D eigenvalue weighted by Crippen LogP contribution is -2.63. The second kappa shape index (κ2) is 17.0. The number of methoxy groups -OCH3 is 1. The Labute approximate surface area is 258 Å². The van der Waals surface area contributed by atoms with Gasteiger partial charge in [-0.3, -0.25) is 33.6 Å². The largest absolute Gasteiger partial charge is 0.463 e. The minimum absolute atomic E-state index is 0.509. The molecule has 45 heavy (non-hydrogen) atoms. The number of rotatable bonds is 13. The second-order valence-corrected chi connectivity index (χ2v) is 9.90. The number of carbonyl (C=O) groups is 7. The van der Waals surface area contributed by atoms with Crippen LogP contribution in [0.5, 0.6) is 0 Å². The highest BCUT2D eigenvalue weighted by Crippen LogP contribution is 2.33. The predicted octanol–water partition coefficient (Wildman–Crippen LogP) is -0.747. The number of ether oxygens (including phenoxy) is 11. The maximum Gasteiger partial charge on any atom is 0.303 e. The summed E-state index contributed by atoms with van der Waals surface area (Å²) in [4.78, 5) is 83.6. The summed E-state index contributed by atoms with van der Waals surface area (Å²) in [6.07, 6.45) is -14.1. The van der Waals surface area contributed by atoms with Crippen LogP contribution in [-0.2, 0) is 85.7 Å². The zero-order chi connectivity index (χ0) is 34.0. The van der Waals surface area contributed by atoms with E-state index in [9.17, 15) is 33.6 Å². The molecule has 2 aliphatic rings. The standard InChI is InChI=1S/C27H38O18/c1-11(28)36-9-19-20(39-13(3)30)22(40-14(4)31)25(43-17(7)34)27(44-19)37-10-18(38-12(2)29)21-23(41-15(5)32)24(42-16(6)33)26(35-8)45-21/h18-27H,9-10H2,1-8H3/t18?,19?,20-,21+,22?,23?,24?,25?,26-,27-/m1/s1. The first-order valence-electron chi connectivity index (χ1n) is 13.7. The van der Waals surface area contributed by atoms with Crippen LogP contribution in [0.3, 0.4) is 0 Å². The van der Waals surface area contributed by atoms with Crippen molar-refractivity contribution in [2.45, 2.75) is 110 Å². The summed E-state index contributed by atoms with van der Waals surface area (Å²) in [5.41, 5.74) is 0. The first-order valence-corrected chi connectivity index (χ1v) is 13.7. The molecule has 0 aromatic heterocycles. The van der Waals surface area contributed by atoms with Crippen molar-refractivity contribution in [3.63, 3.8) is 0 Å². The Balaban J connectivity index is 2.50. The van der Waals surface area contributed by atoms with Crippen LogP contribution < -0.4 is 0 Å². The zero-order valence-corrected chi connectivity index (χ0v) is 26.0. The molecule has 18 heteroatoms. The molecule has 0 spiro atoms. The van der Waals surface area contributed by atoms with Gasteiger partial charge in [0.1, 0.15) is 18.8 Å². The van der Waals surface area contributed by atoms with Gasteiger partial charge in [-0.2, -0.15) is 0 Å². The molecule has 0 amide bonds. The van der Waals surface area contributed by atoms with Crippen LogP contribution in [0, 0.1) is 0 Å².